The predicted molar refractivity (Wildman–Crippen MR) is 78.0 cm³/mol. The molecule has 0 radical (unpaired) electrons. The Morgan fingerprint density at radius 3 is 2.38 bits per heavy atom. The molecule has 1 N–H and O–H groups in total. The van der Waals surface area contributed by atoms with Gasteiger partial charge in [0.1, 0.15) is 5.75 Å². The number of nitrogens with zero attached hydrogens (tertiary/aromatic N) is 1. The van der Waals surface area contributed by atoms with E-state index >= 15 is 0 Å². The zero-order valence-corrected chi connectivity index (χ0v) is 13.0. The normalized spacial score (nSPS) is 12.4. The van der Waals surface area contributed by atoms with Crippen LogP contribution in [-0.4, -0.2) is 27.6 Å². The summed E-state index contributed by atoms with van der Waals surface area (Å²) in [6.07, 6.45) is -2.15. The number of rotatable bonds is 5. The SMILES string of the molecule is CCOC(=O)N[C@H](Oc1ccc([N+](=O)[O-])cc1)C(Cl)(Cl)Cl. The van der Waals surface area contributed by atoms with E-state index in [1.165, 1.54) is 24.3 Å². The number of carbonyl (C=O) groups is 1. The smallest absolute Gasteiger partial charge is 0.410 e. The van der Waals surface area contributed by atoms with Gasteiger partial charge in [0.25, 0.3) is 5.69 Å². The lowest BCUT2D eigenvalue weighted by atomic mass is 10.3. The van der Waals surface area contributed by atoms with Gasteiger partial charge in [-0.3, -0.25) is 15.4 Å². The van der Waals surface area contributed by atoms with Crippen LogP contribution in [0.1, 0.15) is 6.92 Å². The lowest BCUT2D eigenvalue weighted by molar-refractivity contribution is -0.384. The minimum absolute atomic E-state index is 0.119. The Balaban J connectivity index is 2.81. The second kappa shape index (κ2) is 7.53. The van der Waals surface area contributed by atoms with Crippen molar-refractivity contribution in [3.63, 3.8) is 0 Å². The third-order valence-corrected chi connectivity index (χ3v) is 2.72. The van der Waals surface area contributed by atoms with E-state index in [4.69, 9.17) is 39.5 Å². The van der Waals surface area contributed by atoms with Crippen LogP contribution in [0, 0.1) is 10.1 Å². The molecule has 1 aromatic rings. The van der Waals surface area contributed by atoms with Crippen molar-refractivity contribution < 1.29 is 19.2 Å². The molecule has 1 atom stereocenters. The monoisotopic (exact) mass is 356 g/mol. The average Bonchev–Trinajstić information content (AvgIpc) is 2.37. The fourth-order valence-corrected chi connectivity index (χ4v) is 1.54. The lowest BCUT2D eigenvalue weighted by Crippen LogP contribution is -2.48. The number of amides is 1. The van der Waals surface area contributed by atoms with Gasteiger partial charge in [0.15, 0.2) is 0 Å². The number of ether oxygens (including phenoxy) is 2. The number of hydrogen-bond donors (Lipinski definition) is 1. The Hall–Kier alpha value is -1.44. The van der Waals surface area contributed by atoms with E-state index in [9.17, 15) is 14.9 Å². The number of alkyl halides is 3. The second-order valence-electron chi connectivity index (χ2n) is 3.66. The summed E-state index contributed by atoms with van der Waals surface area (Å²) in [5.41, 5.74) is -0.119. The third kappa shape index (κ3) is 5.82. The summed E-state index contributed by atoms with van der Waals surface area (Å²) in [5.74, 6) is 0.175. The summed E-state index contributed by atoms with van der Waals surface area (Å²) >= 11 is 17.1. The number of non-ortho nitro benzene ring substituents is 1. The third-order valence-electron chi connectivity index (χ3n) is 2.12. The molecule has 0 unspecified atom stereocenters. The van der Waals surface area contributed by atoms with E-state index in [2.05, 4.69) is 10.1 Å². The van der Waals surface area contributed by atoms with Gasteiger partial charge < -0.3 is 9.47 Å². The van der Waals surface area contributed by atoms with Gasteiger partial charge in [0, 0.05) is 12.1 Å². The van der Waals surface area contributed by atoms with E-state index in [0.29, 0.717) is 0 Å². The molecule has 21 heavy (non-hydrogen) atoms. The number of carbonyl (C=O) groups excluding carboxylic acids is 1. The first-order chi connectivity index (χ1) is 9.74. The molecule has 0 aliphatic heterocycles. The van der Waals surface area contributed by atoms with Crippen LogP contribution in [0.3, 0.4) is 0 Å². The highest BCUT2D eigenvalue weighted by Crippen LogP contribution is 2.32. The molecule has 7 nitrogen and oxygen atoms in total. The van der Waals surface area contributed by atoms with Gasteiger partial charge in [0.05, 0.1) is 11.5 Å². The molecule has 0 aliphatic rings. The molecule has 0 fully saturated rings. The molecule has 0 heterocycles. The quantitative estimate of drug-likeness (QED) is 0.377. The number of nitrogens with one attached hydrogen (secondary N) is 1. The lowest BCUT2D eigenvalue weighted by Gasteiger charge is -2.25. The molecule has 0 aliphatic carbocycles. The minimum atomic E-state index is -1.96. The molecule has 1 aromatic carbocycles. The highest BCUT2D eigenvalue weighted by molar-refractivity contribution is 6.68. The summed E-state index contributed by atoms with van der Waals surface area (Å²) in [5, 5.41) is 12.8. The van der Waals surface area contributed by atoms with Crippen molar-refractivity contribution in [3.05, 3.63) is 34.4 Å². The summed E-state index contributed by atoms with van der Waals surface area (Å²) in [6.45, 7) is 1.75. The zero-order chi connectivity index (χ0) is 16.0. The fourth-order valence-electron chi connectivity index (χ4n) is 1.24. The van der Waals surface area contributed by atoms with Crippen LogP contribution < -0.4 is 10.1 Å². The molecule has 0 saturated carbocycles. The van der Waals surface area contributed by atoms with E-state index in [1.807, 2.05) is 0 Å². The van der Waals surface area contributed by atoms with Crippen LogP contribution in [0.5, 0.6) is 5.75 Å². The first-order valence-corrected chi connectivity index (χ1v) is 6.78. The Bertz CT molecular complexity index is 504. The van der Waals surface area contributed by atoms with Gasteiger partial charge in [-0.1, -0.05) is 34.8 Å². The van der Waals surface area contributed by atoms with Crippen LogP contribution in [0.25, 0.3) is 0 Å². The van der Waals surface area contributed by atoms with Gasteiger partial charge in [-0.25, -0.2) is 4.79 Å². The van der Waals surface area contributed by atoms with Crippen molar-refractivity contribution in [3.8, 4) is 5.75 Å². The molecule has 0 bridgehead atoms. The Morgan fingerprint density at radius 2 is 1.95 bits per heavy atom. The maximum atomic E-state index is 11.4. The first-order valence-electron chi connectivity index (χ1n) is 5.65. The molecular weight excluding hydrogens is 346 g/mol. The summed E-state index contributed by atoms with van der Waals surface area (Å²) in [7, 11) is 0. The Morgan fingerprint density at radius 1 is 1.38 bits per heavy atom. The number of benzene rings is 1. The predicted octanol–water partition coefficient (Wildman–Crippen LogP) is 3.42. The van der Waals surface area contributed by atoms with Crippen LogP contribution in [-0.2, 0) is 4.74 Å². The van der Waals surface area contributed by atoms with Gasteiger partial charge in [-0.2, -0.15) is 0 Å². The van der Waals surface area contributed by atoms with Gasteiger partial charge >= 0.3 is 6.09 Å². The maximum Gasteiger partial charge on any atom is 0.410 e. The number of nitro benzene ring substituents is 1. The van der Waals surface area contributed by atoms with Crippen LogP contribution in [0.4, 0.5) is 10.5 Å². The molecule has 116 valence electrons. The molecule has 0 saturated heterocycles. The van der Waals surface area contributed by atoms with Crippen molar-refractivity contribution in [2.24, 2.45) is 0 Å². The fraction of sp³-hybridized carbons (Fsp3) is 0.364. The van der Waals surface area contributed by atoms with E-state index in [-0.39, 0.29) is 18.0 Å². The topological polar surface area (TPSA) is 90.7 Å². The Kier molecular flexibility index (Phi) is 6.32. The summed E-state index contributed by atoms with van der Waals surface area (Å²) < 4.78 is 8.00. The number of hydrogen-bond acceptors (Lipinski definition) is 5. The van der Waals surface area contributed by atoms with E-state index < -0.39 is 21.0 Å². The number of halogens is 3. The minimum Gasteiger partial charge on any atom is -0.466 e. The Labute approximate surface area is 135 Å². The highest BCUT2D eigenvalue weighted by atomic mass is 35.6. The van der Waals surface area contributed by atoms with Crippen LogP contribution in [0.2, 0.25) is 0 Å². The molecule has 10 heteroatoms. The summed E-state index contributed by atoms with van der Waals surface area (Å²) in [4.78, 5) is 21.3. The van der Waals surface area contributed by atoms with Crippen molar-refractivity contribution in [1.82, 2.24) is 5.32 Å². The molecule has 0 spiro atoms. The highest BCUT2D eigenvalue weighted by Gasteiger charge is 2.36. The number of alkyl carbamates (subject to hydrolysis) is 1. The second-order valence-corrected chi connectivity index (χ2v) is 6.02. The van der Waals surface area contributed by atoms with E-state index in [1.54, 1.807) is 6.92 Å². The van der Waals surface area contributed by atoms with E-state index in [0.717, 1.165) is 0 Å². The van der Waals surface area contributed by atoms with Crippen LogP contribution >= 0.6 is 34.8 Å². The van der Waals surface area contributed by atoms with Crippen molar-refractivity contribution in [2.75, 3.05) is 6.61 Å². The molecule has 0 aromatic heterocycles. The van der Waals surface area contributed by atoms with Crippen molar-refractivity contribution in [1.29, 1.82) is 0 Å². The molecular formula is C11H11Cl3N2O5. The van der Waals surface area contributed by atoms with Gasteiger partial charge in [-0.15, -0.1) is 0 Å². The first kappa shape index (κ1) is 17.6. The average molecular weight is 358 g/mol. The zero-order valence-electron chi connectivity index (χ0n) is 10.7. The van der Waals surface area contributed by atoms with Crippen molar-refractivity contribution >= 4 is 46.6 Å². The van der Waals surface area contributed by atoms with Crippen molar-refractivity contribution in [2.45, 2.75) is 16.9 Å². The summed E-state index contributed by atoms with van der Waals surface area (Å²) in [6, 6.07) is 5.06. The van der Waals surface area contributed by atoms with Gasteiger partial charge in [-0.05, 0) is 19.1 Å². The van der Waals surface area contributed by atoms with Gasteiger partial charge in [0.2, 0.25) is 10.0 Å². The number of nitro groups is 1. The maximum absolute atomic E-state index is 11.4. The van der Waals surface area contributed by atoms with Crippen LogP contribution in [0.15, 0.2) is 24.3 Å². The molecule has 1 amide bonds. The standard InChI is InChI=1S/C11H11Cl3N2O5/c1-2-20-10(17)15-9(11(12,13)14)21-8-5-3-7(4-6-8)16(18)19/h3-6,9H,2H2,1H3,(H,15,17)/t9-/m1/s1. The largest absolute Gasteiger partial charge is 0.466 e. The molecule has 1 rings (SSSR count).